The van der Waals surface area contributed by atoms with Crippen LogP contribution in [0, 0.1) is 5.92 Å². The summed E-state index contributed by atoms with van der Waals surface area (Å²) in [6.07, 6.45) is -1.07. The lowest BCUT2D eigenvalue weighted by Gasteiger charge is -2.49. The van der Waals surface area contributed by atoms with E-state index < -0.39 is 18.2 Å². The second-order valence-electron chi connectivity index (χ2n) is 4.97. The molecule has 0 saturated carbocycles. The molecule has 2 aliphatic rings. The van der Waals surface area contributed by atoms with Gasteiger partial charge in [0.05, 0.1) is 23.0 Å². The van der Waals surface area contributed by atoms with Crippen molar-refractivity contribution in [2.75, 3.05) is 7.11 Å². The van der Waals surface area contributed by atoms with Crippen molar-refractivity contribution in [2.45, 2.75) is 23.1 Å². The van der Waals surface area contributed by atoms with E-state index in [4.69, 9.17) is 9.47 Å². The highest BCUT2D eigenvalue weighted by Gasteiger charge is 2.52. The van der Waals surface area contributed by atoms with Gasteiger partial charge in [0.25, 0.3) is 0 Å². The van der Waals surface area contributed by atoms with Crippen LogP contribution in [0.1, 0.15) is 28.0 Å². The molecule has 0 spiro atoms. The third-order valence-corrected chi connectivity index (χ3v) is 5.19. The van der Waals surface area contributed by atoms with Crippen LogP contribution in [0.2, 0.25) is 0 Å². The Morgan fingerprint density at radius 2 is 2.00 bits per heavy atom. The minimum Gasteiger partial charge on any atom is -0.453 e. The summed E-state index contributed by atoms with van der Waals surface area (Å²) >= 11 is 2.21. The molecule has 2 bridgehead atoms. The van der Waals surface area contributed by atoms with Gasteiger partial charge in [-0.15, -0.1) is 0 Å². The van der Waals surface area contributed by atoms with E-state index in [1.165, 1.54) is 7.11 Å². The number of ether oxygens (including phenoxy) is 2. The Balaban J connectivity index is 2.18. The van der Waals surface area contributed by atoms with Crippen molar-refractivity contribution in [3.63, 3.8) is 0 Å². The van der Waals surface area contributed by atoms with Crippen molar-refractivity contribution in [3.05, 3.63) is 35.4 Å². The van der Waals surface area contributed by atoms with Crippen molar-refractivity contribution < 1.29 is 19.1 Å². The number of hydrogen-bond donors (Lipinski definition) is 0. The summed E-state index contributed by atoms with van der Waals surface area (Å²) in [6, 6.07) is 7.54. The molecule has 0 aliphatic carbocycles. The lowest BCUT2D eigenvalue weighted by Crippen LogP contribution is -2.57. The molecule has 4 atom stereocenters. The Kier molecular flexibility index (Phi) is 3.35. The van der Waals surface area contributed by atoms with Gasteiger partial charge in [0, 0.05) is 0 Å². The predicted molar refractivity (Wildman–Crippen MR) is 79.2 cm³/mol. The molecule has 6 heteroatoms. The van der Waals surface area contributed by atoms with Crippen molar-refractivity contribution >= 4 is 34.7 Å². The molecule has 2 aliphatic heterocycles. The Morgan fingerprint density at radius 1 is 1.35 bits per heavy atom. The molecular weight excluding hydrogens is 373 g/mol. The molecule has 0 unspecified atom stereocenters. The molecule has 0 radical (unpaired) electrons. The Labute approximate surface area is 130 Å². The largest absolute Gasteiger partial charge is 0.453 e. The summed E-state index contributed by atoms with van der Waals surface area (Å²) in [6.45, 7) is 1.78. The van der Waals surface area contributed by atoms with Crippen LogP contribution in [0.4, 0.5) is 4.79 Å². The summed E-state index contributed by atoms with van der Waals surface area (Å²) in [5.74, 6) is -0.674. The summed E-state index contributed by atoms with van der Waals surface area (Å²) in [5, 5.41) is 0. The van der Waals surface area contributed by atoms with E-state index in [9.17, 15) is 9.59 Å². The van der Waals surface area contributed by atoms with Crippen LogP contribution in [-0.2, 0) is 14.3 Å². The standard InChI is InChI=1S/C14H14INO4/c1-7-11-9-6-4-3-5-8(9)10(15)12(20-13(7)17)16(11)14(18)19-2/h3-7,10-12H,1-2H3/t7-,10-,11+,12-/m0/s1. The van der Waals surface area contributed by atoms with Crippen molar-refractivity contribution in [2.24, 2.45) is 5.92 Å². The first-order chi connectivity index (χ1) is 9.56. The second-order valence-corrected chi connectivity index (χ2v) is 6.31. The van der Waals surface area contributed by atoms with E-state index >= 15 is 0 Å². The zero-order chi connectivity index (χ0) is 14.4. The molecule has 0 aromatic heterocycles. The van der Waals surface area contributed by atoms with Gasteiger partial charge in [0.2, 0.25) is 0 Å². The molecule has 2 heterocycles. The number of nitrogens with zero attached hydrogens (tertiary/aromatic N) is 1. The third-order valence-electron chi connectivity index (χ3n) is 3.90. The smallest absolute Gasteiger partial charge is 0.412 e. The van der Waals surface area contributed by atoms with E-state index in [0.29, 0.717) is 0 Å². The van der Waals surface area contributed by atoms with Crippen LogP contribution in [0.3, 0.4) is 0 Å². The van der Waals surface area contributed by atoms with Crippen LogP contribution < -0.4 is 0 Å². The number of methoxy groups -OCH3 is 1. The third kappa shape index (κ3) is 1.81. The fourth-order valence-electron chi connectivity index (χ4n) is 2.94. The van der Waals surface area contributed by atoms with Gasteiger partial charge >= 0.3 is 12.1 Å². The fraction of sp³-hybridized carbons (Fsp3) is 0.429. The maximum atomic E-state index is 12.1. The monoisotopic (exact) mass is 387 g/mol. The number of amides is 1. The molecule has 1 amide bonds. The fourth-order valence-corrected chi connectivity index (χ4v) is 4.00. The molecule has 20 heavy (non-hydrogen) atoms. The van der Waals surface area contributed by atoms with E-state index in [2.05, 4.69) is 22.6 Å². The highest BCUT2D eigenvalue weighted by molar-refractivity contribution is 14.1. The Hall–Kier alpha value is -1.31. The Bertz CT molecular complexity index is 576. The topological polar surface area (TPSA) is 55.8 Å². The minimum atomic E-state index is -0.605. The van der Waals surface area contributed by atoms with Gasteiger partial charge < -0.3 is 9.47 Å². The van der Waals surface area contributed by atoms with E-state index in [1.54, 1.807) is 11.8 Å². The van der Waals surface area contributed by atoms with Crippen LogP contribution in [0.15, 0.2) is 24.3 Å². The average Bonchev–Trinajstić information content (AvgIpc) is 2.47. The van der Waals surface area contributed by atoms with Crippen molar-refractivity contribution in [1.29, 1.82) is 0 Å². The highest BCUT2D eigenvalue weighted by atomic mass is 127. The van der Waals surface area contributed by atoms with Gasteiger partial charge in [-0.25, -0.2) is 4.79 Å². The second kappa shape index (κ2) is 4.91. The maximum Gasteiger partial charge on any atom is 0.412 e. The zero-order valence-corrected chi connectivity index (χ0v) is 13.2. The number of rotatable bonds is 0. The molecule has 5 nitrogen and oxygen atoms in total. The molecule has 3 rings (SSSR count). The number of carbonyl (C=O) groups excluding carboxylic acids is 2. The van der Waals surface area contributed by atoms with Gasteiger partial charge in [-0.2, -0.15) is 0 Å². The highest BCUT2D eigenvalue weighted by Crippen LogP contribution is 2.49. The van der Waals surface area contributed by atoms with Crippen molar-refractivity contribution in [1.82, 2.24) is 4.90 Å². The van der Waals surface area contributed by atoms with E-state index in [0.717, 1.165) is 11.1 Å². The molecule has 0 N–H and O–H groups in total. The predicted octanol–water partition coefficient (Wildman–Crippen LogP) is 2.80. The molecule has 1 aromatic rings. The number of carbonyl (C=O) groups is 2. The number of alkyl halides is 1. The summed E-state index contributed by atoms with van der Waals surface area (Å²) in [4.78, 5) is 25.7. The first kappa shape index (κ1) is 13.7. The van der Waals surface area contributed by atoms with E-state index in [-0.39, 0.29) is 15.9 Å². The first-order valence-electron chi connectivity index (χ1n) is 6.36. The minimum absolute atomic E-state index is 0.101. The molecule has 106 valence electrons. The first-order valence-corrected chi connectivity index (χ1v) is 7.60. The quantitative estimate of drug-likeness (QED) is 0.390. The van der Waals surface area contributed by atoms with Crippen LogP contribution in [0.25, 0.3) is 0 Å². The molecule has 1 fully saturated rings. The summed E-state index contributed by atoms with van der Waals surface area (Å²) in [5.41, 5.74) is 2.11. The van der Waals surface area contributed by atoms with Gasteiger partial charge in [0.15, 0.2) is 6.23 Å². The Morgan fingerprint density at radius 3 is 2.65 bits per heavy atom. The number of benzene rings is 1. The van der Waals surface area contributed by atoms with Crippen LogP contribution >= 0.6 is 22.6 Å². The van der Waals surface area contributed by atoms with Crippen LogP contribution in [0.5, 0.6) is 0 Å². The summed E-state index contributed by atoms with van der Waals surface area (Å²) in [7, 11) is 1.34. The zero-order valence-electron chi connectivity index (χ0n) is 11.1. The summed E-state index contributed by atoms with van der Waals surface area (Å²) < 4.78 is 10.2. The van der Waals surface area contributed by atoms with Gasteiger partial charge in [0.1, 0.15) is 0 Å². The number of esters is 1. The van der Waals surface area contributed by atoms with Crippen LogP contribution in [-0.4, -0.2) is 30.3 Å². The van der Waals surface area contributed by atoms with Crippen molar-refractivity contribution in [3.8, 4) is 0 Å². The lowest BCUT2D eigenvalue weighted by molar-refractivity contribution is -0.183. The lowest BCUT2D eigenvalue weighted by atomic mass is 9.83. The molecule has 1 saturated heterocycles. The molecular formula is C14H14INO4. The van der Waals surface area contributed by atoms with Gasteiger partial charge in [-0.3, -0.25) is 9.69 Å². The number of hydrogen-bond acceptors (Lipinski definition) is 4. The normalized spacial score (nSPS) is 31.4. The van der Waals surface area contributed by atoms with Gasteiger partial charge in [-0.05, 0) is 18.1 Å². The SMILES string of the molecule is COC(=O)N1[C@H]2OC(=O)[C@@H](C)[C@@H]1c1ccccc1[C@@H]2I. The van der Waals surface area contributed by atoms with Gasteiger partial charge in [-0.1, -0.05) is 46.9 Å². The van der Waals surface area contributed by atoms with E-state index in [1.807, 2.05) is 24.3 Å². The molecule has 1 aromatic carbocycles. The average molecular weight is 387 g/mol. The number of halogens is 1. The number of fused-ring (bicyclic) bond motifs is 4. The maximum absolute atomic E-state index is 12.1.